The van der Waals surface area contributed by atoms with E-state index in [1.165, 1.54) is 6.20 Å². The van der Waals surface area contributed by atoms with E-state index in [1.807, 2.05) is 0 Å². The molecule has 1 N–H and O–H groups in total. The summed E-state index contributed by atoms with van der Waals surface area (Å²) < 4.78 is 0. The molecule has 5 heteroatoms. The number of fused-ring (bicyclic) bond motifs is 1. The SMILES string of the molecule is O=C(Cl)c1cc2cn[nH]c2cn1. The summed E-state index contributed by atoms with van der Waals surface area (Å²) >= 11 is 5.24. The van der Waals surface area contributed by atoms with Crippen LogP contribution >= 0.6 is 11.6 Å². The third-order valence-electron chi connectivity index (χ3n) is 1.53. The van der Waals surface area contributed by atoms with Crippen molar-refractivity contribution < 1.29 is 4.79 Å². The highest BCUT2D eigenvalue weighted by atomic mass is 35.5. The topological polar surface area (TPSA) is 58.6 Å². The van der Waals surface area contributed by atoms with Crippen LogP contribution in [0.15, 0.2) is 18.5 Å². The van der Waals surface area contributed by atoms with Crippen molar-refractivity contribution in [2.75, 3.05) is 0 Å². The monoisotopic (exact) mass is 181 g/mol. The van der Waals surface area contributed by atoms with Crippen molar-refractivity contribution in [2.45, 2.75) is 0 Å². The molecule has 12 heavy (non-hydrogen) atoms. The highest BCUT2D eigenvalue weighted by Crippen LogP contribution is 2.11. The molecular formula is C7H4ClN3O. The number of hydrogen-bond acceptors (Lipinski definition) is 3. The molecule has 2 rings (SSSR count). The van der Waals surface area contributed by atoms with Crippen molar-refractivity contribution in [3.63, 3.8) is 0 Å². The summed E-state index contributed by atoms with van der Waals surface area (Å²) in [5, 5.41) is 6.77. The van der Waals surface area contributed by atoms with Crippen LogP contribution in [0, 0.1) is 0 Å². The van der Waals surface area contributed by atoms with Crippen LogP contribution in [0.1, 0.15) is 10.5 Å². The van der Waals surface area contributed by atoms with Gasteiger partial charge in [0.1, 0.15) is 5.69 Å². The third-order valence-corrected chi connectivity index (χ3v) is 1.72. The number of rotatable bonds is 1. The van der Waals surface area contributed by atoms with Gasteiger partial charge in [-0.1, -0.05) is 0 Å². The van der Waals surface area contributed by atoms with E-state index in [0.29, 0.717) is 0 Å². The highest BCUT2D eigenvalue weighted by Gasteiger charge is 2.04. The van der Waals surface area contributed by atoms with Crippen LogP contribution in [-0.2, 0) is 0 Å². The van der Waals surface area contributed by atoms with Gasteiger partial charge in [0, 0.05) is 5.39 Å². The minimum Gasteiger partial charge on any atom is -0.276 e. The molecule has 0 aliphatic rings. The number of nitrogens with one attached hydrogen (secondary N) is 1. The Balaban J connectivity index is 2.68. The predicted molar refractivity (Wildman–Crippen MR) is 44.1 cm³/mol. The molecule has 60 valence electrons. The third kappa shape index (κ3) is 1.06. The van der Waals surface area contributed by atoms with E-state index in [2.05, 4.69) is 15.2 Å². The van der Waals surface area contributed by atoms with Gasteiger partial charge in [-0.2, -0.15) is 5.10 Å². The average Bonchev–Trinajstić information content (AvgIpc) is 2.49. The first-order valence-corrected chi connectivity index (χ1v) is 3.64. The summed E-state index contributed by atoms with van der Waals surface area (Å²) in [4.78, 5) is 14.5. The second-order valence-corrected chi connectivity index (χ2v) is 2.64. The van der Waals surface area contributed by atoms with E-state index >= 15 is 0 Å². The van der Waals surface area contributed by atoms with Crippen LogP contribution in [0.5, 0.6) is 0 Å². The van der Waals surface area contributed by atoms with E-state index in [9.17, 15) is 4.79 Å². The number of hydrogen-bond donors (Lipinski definition) is 1. The Kier molecular flexibility index (Phi) is 1.55. The number of halogens is 1. The van der Waals surface area contributed by atoms with Gasteiger partial charge in [-0.3, -0.25) is 9.89 Å². The Morgan fingerprint density at radius 3 is 3.08 bits per heavy atom. The molecule has 0 radical (unpaired) electrons. The zero-order chi connectivity index (χ0) is 8.55. The fourth-order valence-electron chi connectivity index (χ4n) is 0.950. The fraction of sp³-hybridized carbons (Fsp3) is 0. The predicted octanol–water partition coefficient (Wildman–Crippen LogP) is 1.34. The molecule has 0 bridgehead atoms. The van der Waals surface area contributed by atoms with Crippen LogP contribution in [0.3, 0.4) is 0 Å². The Hall–Kier alpha value is -1.42. The molecule has 0 amide bonds. The van der Waals surface area contributed by atoms with E-state index in [1.54, 1.807) is 12.3 Å². The highest BCUT2D eigenvalue weighted by molar-refractivity contribution is 6.67. The van der Waals surface area contributed by atoms with E-state index < -0.39 is 5.24 Å². The lowest BCUT2D eigenvalue weighted by Crippen LogP contribution is -1.91. The van der Waals surface area contributed by atoms with Gasteiger partial charge in [0.15, 0.2) is 0 Å². The number of carbonyl (C=O) groups excluding carboxylic acids is 1. The van der Waals surface area contributed by atoms with Crippen LogP contribution in [0.4, 0.5) is 0 Å². The lowest BCUT2D eigenvalue weighted by molar-refractivity contribution is 0.107. The number of aromatic amines is 1. The van der Waals surface area contributed by atoms with Crippen LogP contribution in [0.25, 0.3) is 10.9 Å². The molecular weight excluding hydrogens is 178 g/mol. The van der Waals surface area contributed by atoms with Gasteiger partial charge < -0.3 is 0 Å². The standard InChI is InChI=1S/C7H4ClN3O/c8-7(12)5-1-4-2-10-11-6(4)3-9-5/h1-3H,(H,10,11). The normalized spacial score (nSPS) is 10.4. The molecule has 4 nitrogen and oxygen atoms in total. The van der Waals surface area contributed by atoms with Gasteiger partial charge in [0.2, 0.25) is 0 Å². The molecule has 0 aromatic carbocycles. The summed E-state index contributed by atoms with van der Waals surface area (Å²) in [6.07, 6.45) is 3.14. The van der Waals surface area contributed by atoms with Gasteiger partial charge in [-0.15, -0.1) is 0 Å². The molecule has 2 aromatic rings. The molecule has 0 unspecified atom stereocenters. The molecule has 0 saturated carbocycles. The zero-order valence-electron chi connectivity index (χ0n) is 5.91. The van der Waals surface area contributed by atoms with Crippen molar-refractivity contribution >= 4 is 27.7 Å². The molecule has 0 aliphatic heterocycles. The van der Waals surface area contributed by atoms with Gasteiger partial charge >= 0.3 is 0 Å². The zero-order valence-corrected chi connectivity index (χ0v) is 6.67. The van der Waals surface area contributed by atoms with Gasteiger partial charge in [0.25, 0.3) is 5.24 Å². The molecule has 0 spiro atoms. The molecule has 0 fully saturated rings. The summed E-state index contributed by atoms with van der Waals surface area (Å²) in [5.41, 5.74) is 1.03. The molecule has 0 atom stereocenters. The number of carbonyl (C=O) groups is 1. The first-order valence-electron chi connectivity index (χ1n) is 3.26. The van der Waals surface area contributed by atoms with Crippen molar-refractivity contribution in [1.82, 2.24) is 15.2 Å². The summed E-state index contributed by atoms with van der Waals surface area (Å²) in [6, 6.07) is 1.59. The van der Waals surface area contributed by atoms with Gasteiger partial charge in [-0.25, -0.2) is 4.98 Å². The second-order valence-electron chi connectivity index (χ2n) is 2.30. The van der Waals surface area contributed by atoms with Crippen molar-refractivity contribution in [3.05, 3.63) is 24.2 Å². The Morgan fingerprint density at radius 2 is 2.33 bits per heavy atom. The lowest BCUT2D eigenvalue weighted by Gasteiger charge is -1.91. The minimum absolute atomic E-state index is 0.241. The first kappa shape index (κ1) is 7.24. The van der Waals surface area contributed by atoms with E-state index in [-0.39, 0.29) is 5.69 Å². The average molecular weight is 182 g/mol. The van der Waals surface area contributed by atoms with Crippen LogP contribution in [0.2, 0.25) is 0 Å². The molecule has 0 aliphatic carbocycles. The fourth-order valence-corrected chi connectivity index (χ4v) is 1.05. The van der Waals surface area contributed by atoms with Crippen LogP contribution in [-0.4, -0.2) is 20.4 Å². The second kappa shape index (κ2) is 2.57. The summed E-state index contributed by atoms with van der Waals surface area (Å²) in [7, 11) is 0. The van der Waals surface area contributed by atoms with Gasteiger partial charge in [-0.05, 0) is 17.7 Å². The Bertz CT molecular complexity index is 437. The Morgan fingerprint density at radius 1 is 1.50 bits per heavy atom. The van der Waals surface area contributed by atoms with E-state index in [4.69, 9.17) is 11.6 Å². The quantitative estimate of drug-likeness (QED) is 0.676. The van der Waals surface area contributed by atoms with Crippen molar-refractivity contribution in [1.29, 1.82) is 0 Å². The van der Waals surface area contributed by atoms with Crippen molar-refractivity contribution in [2.24, 2.45) is 0 Å². The molecule has 2 heterocycles. The number of aromatic nitrogens is 3. The molecule has 0 saturated heterocycles. The van der Waals surface area contributed by atoms with Crippen LogP contribution < -0.4 is 0 Å². The minimum atomic E-state index is -0.557. The number of nitrogens with zero attached hydrogens (tertiary/aromatic N) is 2. The van der Waals surface area contributed by atoms with E-state index in [0.717, 1.165) is 10.9 Å². The van der Waals surface area contributed by atoms with Gasteiger partial charge in [0.05, 0.1) is 17.9 Å². The number of H-pyrrole nitrogens is 1. The maximum absolute atomic E-state index is 10.7. The maximum Gasteiger partial charge on any atom is 0.270 e. The molecule has 2 aromatic heterocycles. The maximum atomic E-state index is 10.7. The summed E-state index contributed by atoms with van der Waals surface area (Å²) in [6.45, 7) is 0. The first-order chi connectivity index (χ1) is 5.77. The lowest BCUT2D eigenvalue weighted by atomic mass is 10.3. The van der Waals surface area contributed by atoms with Crippen molar-refractivity contribution in [3.8, 4) is 0 Å². The summed E-state index contributed by atoms with van der Waals surface area (Å²) in [5.74, 6) is 0. The Labute approximate surface area is 72.6 Å². The number of pyridine rings is 1. The largest absolute Gasteiger partial charge is 0.276 e. The smallest absolute Gasteiger partial charge is 0.270 e.